The number of methoxy groups -OCH3 is 2. The lowest BCUT2D eigenvalue weighted by Crippen LogP contribution is -2.35. The van der Waals surface area contributed by atoms with Gasteiger partial charge in [0.25, 0.3) is 0 Å². The van der Waals surface area contributed by atoms with E-state index >= 15 is 0 Å². The molecular weight excluding hydrogens is 341 g/mol. The van der Waals surface area contributed by atoms with Gasteiger partial charge in [-0.1, -0.05) is 0 Å². The molecule has 1 atom stereocenters. The lowest BCUT2D eigenvalue weighted by Gasteiger charge is -2.11. The van der Waals surface area contributed by atoms with Gasteiger partial charge in [-0.3, -0.25) is 0 Å². The summed E-state index contributed by atoms with van der Waals surface area (Å²) in [4.78, 5) is 0.659. The number of thiophene rings is 1. The lowest BCUT2D eigenvalue weighted by molar-refractivity contribution is 0.180. The van der Waals surface area contributed by atoms with Crippen molar-refractivity contribution in [2.24, 2.45) is 0 Å². The standard InChI is InChI=1S/C15H18FNO4S2/c1-10(9-20-2)17-23(18,19)15-7-6-14(22-15)11-4-5-13(21-3)12(16)8-11/h4-8,10,17H,9H2,1-3H3. The van der Waals surface area contributed by atoms with E-state index in [0.717, 1.165) is 11.3 Å². The predicted molar refractivity (Wildman–Crippen MR) is 87.9 cm³/mol. The maximum absolute atomic E-state index is 13.8. The normalized spacial score (nSPS) is 13.0. The lowest BCUT2D eigenvalue weighted by atomic mass is 10.2. The summed E-state index contributed by atoms with van der Waals surface area (Å²) < 4.78 is 50.8. The van der Waals surface area contributed by atoms with Gasteiger partial charge in [0, 0.05) is 18.0 Å². The minimum atomic E-state index is -3.62. The van der Waals surface area contributed by atoms with Crippen LogP contribution in [0, 0.1) is 5.82 Å². The van der Waals surface area contributed by atoms with E-state index in [1.807, 2.05) is 0 Å². The number of ether oxygens (including phenoxy) is 2. The zero-order chi connectivity index (χ0) is 17.0. The van der Waals surface area contributed by atoms with Crippen LogP contribution >= 0.6 is 11.3 Å². The molecule has 23 heavy (non-hydrogen) atoms. The Hall–Kier alpha value is -1.48. The van der Waals surface area contributed by atoms with Crippen LogP contribution in [0.2, 0.25) is 0 Å². The zero-order valence-corrected chi connectivity index (χ0v) is 14.6. The van der Waals surface area contributed by atoms with Crippen LogP contribution in [0.1, 0.15) is 6.92 Å². The maximum Gasteiger partial charge on any atom is 0.250 e. The van der Waals surface area contributed by atoms with Gasteiger partial charge in [-0.05, 0) is 42.8 Å². The van der Waals surface area contributed by atoms with Crippen LogP contribution in [0.4, 0.5) is 4.39 Å². The van der Waals surface area contributed by atoms with Crippen LogP contribution in [0.15, 0.2) is 34.5 Å². The highest BCUT2D eigenvalue weighted by Crippen LogP contribution is 2.32. The van der Waals surface area contributed by atoms with E-state index in [0.29, 0.717) is 10.4 Å². The van der Waals surface area contributed by atoms with Gasteiger partial charge in [-0.25, -0.2) is 17.5 Å². The Morgan fingerprint density at radius 1 is 1.26 bits per heavy atom. The molecule has 2 aromatic rings. The van der Waals surface area contributed by atoms with Gasteiger partial charge in [-0.15, -0.1) is 11.3 Å². The average molecular weight is 359 g/mol. The Bertz CT molecular complexity index is 774. The predicted octanol–water partition coefficient (Wildman–Crippen LogP) is 2.88. The third-order valence-electron chi connectivity index (χ3n) is 3.06. The smallest absolute Gasteiger partial charge is 0.250 e. The van der Waals surface area contributed by atoms with Crippen molar-refractivity contribution in [2.75, 3.05) is 20.8 Å². The number of sulfonamides is 1. The number of halogens is 1. The van der Waals surface area contributed by atoms with E-state index in [1.54, 1.807) is 19.1 Å². The fraction of sp³-hybridized carbons (Fsp3) is 0.333. The van der Waals surface area contributed by atoms with Gasteiger partial charge >= 0.3 is 0 Å². The van der Waals surface area contributed by atoms with E-state index in [2.05, 4.69) is 4.72 Å². The first-order valence-corrected chi connectivity index (χ1v) is 9.12. The second-order valence-corrected chi connectivity index (χ2v) is 7.97. The summed E-state index contributed by atoms with van der Waals surface area (Å²) in [6.45, 7) is 2.00. The van der Waals surface area contributed by atoms with E-state index in [1.165, 1.54) is 32.4 Å². The molecule has 0 saturated carbocycles. The Morgan fingerprint density at radius 2 is 2.00 bits per heavy atom. The first-order valence-electron chi connectivity index (χ1n) is 6.82. The summed E-state index contributed by atoms with van der Waals surface area (Å²) in [5, 5.41) is 0. The van der Waals surface area contributed by atoms with Crippen LogP contribution in [-0.2, 0) is 14.8 Å². The molecule has 1 heterocycles. The molecule has 1 N–H and O–H groups in total. The SMILES string of the molecule is COCC(C)NS(=O)(=O)c1ccc(-c2ccc(OC)c(F)c2)s1. The summed E-state index contributed by atoms with van der Waals surface area (Å²) >= 11 is 1.08. The van der Waals surface area contributed by atoms with Crippen molar-refractivity contribution in [2.45, 2.75) is 17.2 Å². The highest BCUT2D eigenvalue weighted by atomic mass is 32.2. The summed E-state index contributed by atoms with van der Waals surface area (Å²) in [7, 11) is -0.726. The summed E-state index contributed by atoms with van der Waals surface area (Å²) in [5.74, 6) is -0.345. The number of hydrogen-bond donors (Lipinski definition) is 1. The highest BCUT2D eigenvalue weighted by Gasteiger charge is 2.20. The van der Waals surface area contributed by atoms with Gasteiger partial charge in [-0.2, -0.15) is 0 Å². The molecule has 0 aliphatic rings. The maximum atomic E-state index is 13.8. The van der Waals surface area contributed by atoms with Gasteiger partial charge < -0.3 is 9.47 Å². The van der Waals surface area contributed by atoms with Crippen LogP contribution in [0.25, 0.3) is 10.4 Å². The Kier molecular flexibility index (Phi) is 5.74. The Morgan fingerprint density at radius 3 is 2.61 bits per heavy atom. The summed E-state index contributed by atoms with van der Waals surface area (Å²) in [5.41, 5.74) is 0.597. The number of nitrogens with one attached hydrogen (secondary N) is 1. The van der Waals surface area contributed by atoms with Crippen molar-refractivity contribution in [1.82, 2.24) is 4.72 Å². The minimum Gasteiger partial charge on any atom is -0.494 e. The molecule has 0 fully saturated rings. The largest absolute Gasteiger partial charge is 0.494 e. The third-order valence-corrected chi connectivity index (χ3v) is 6.27. The van der Waals surface area contributed by atoms with Crippen LogP contribution in [0.3, 0.4) is 0 Å². The molecule has 1 unspecified atom stereocenters. The number of rotatable bonds is 7. The molecule has 126 valence electrons. The van der Waals surface area contributed by atoms with E-state index in [9.17, 15) is 12.8 Å². The molecule has 0 bridgehead atoms. The molecule has 0 aliphatic heterocycles. The van der Waals surface area contributed by atoms with Gasteiger partial charge in [0.15, 0.2) is 11.6 Å². The average Bonchev–Trinajstić information content (AvgIpc) is 2.97. The van der Waals surface area contributed by atoms with Crippen molar-refractivity contribution < 1.29 is 22.3 Å². The van der Waals surface area contributed by atoms with Crippen molar-refractivity contribution in [3.05, 3.63) is 36.1 Å². The summed E-state index contributed by atoms with van der Waals surface area (Å²) in [6, 6.07) is 7.34. The van der Waals surface area contributed by atoms with E-state index in [-0.39, 0.29) is 22.6 Å². The molecule has 0 spiro atoms. The molecule has 8 heteroatoms. The summed E-state index contributed by atoms with van der Waals surface area (Å²) in [6.07, 6.45) is 0. The van der Waals surface area contributed by atoms with Gasteiger partial charge in [0.2, 0.25) is 10.0 Å². The minimum absolute atomic E-state index is 0.146. The molecule has 2 rings (SSSR count). The first-order chi connectivity index (χ1) is 10.9. The Balaban J connectivity index is 2.25. The van der Waals surface area contributed by atoms with Gasteiger partial charge in [0.1, 0.15) is 4.21 Å². The number of benzene rings is 1. The van der Waals surface area contributed by atoms with Crippen LogP contribution < -0.4 is 9.46 Å². The third kappa shape index (κ3) is 4.29. The quantitative estimate of drug-likeness (QED) is 0.826. The molecule has 0 aliphatic carbocycles. The topological polar surface area (TPSA) is 64.6 Å². The molecular formula is C15H18FNO4S2. The van der Waals surface area contributed by atoms with Crippen molar-refractivity contribution in [1.29, 1.82) is 0 Å². The van der Waals surface area contributed by atoms with Crippen molar-refractivity contribution in [3.8, 4) is 16.2 Å². The molecule has 5 nitrogen and oxygen atoms in total. The first kappa shape index (κ1) is 17.9. The number of hydrogen-bond acceptors (Lipinski definition) is 5. The van der Waals surface area contributed by atoms with E-state index in [4.69, 9.17) is 9.47 Å². The molecule has 1 aromatic heterocycles. The highest BCUT2D eigenvalue weighted by molar-refractivity contribution is 7.91. The van der Waals surface area contributed by atoms with E-state index < -0.39 is 15.8 Å². The second kappa shape index (κ2) is 7.39. The van der Waals surface area contributed by atoms with Crippen molar-refractivity contribution >= 4 is 21.4 Å². The monoisotopic (exact) mass is 359 g/mol. The zero-order valence-electron chi connectivity index (χ0n) is 13.0. The second-order valence-electron chi connectivity index (χ2n) is 4.95. The fourth-order valence-electron chi connectivity index (χ4n) is 2.05. The fourth-order valence-corrected chi connectivity index (χ4v) is 4.59. The van der Waals surface area contributed by atoms with Crippen LogP contribution in [-0.4, -0.2) is 35.3 Å². The van der Waals surface area contributed by atoms with Gasteiger partial charge in [0.05, 0.1) is 13.7 Å². The molecule has 0 saturated heterocycles. The molecule has 0 radical (unpaired) electrons. The molecule has 1 aromatic carbocycles. The molecule has 0 amide bonds. The Labute approximate surface area is 139 Å². The van der Waals surface area contributed by atoms with Crippen LogP contribution in [0.5, 0.6) is 5.75 Å². The van der Waals surface area contributed by atoms with Crippen molar-refractivity contribution in [3.63, 3.8) is 0 Å².